The van der Waals surface area contributed by atoms with Gasteiger partial charge in [-0.1, -0.05) is 0 Å². The number of aromatic nitrogens is 3. The molecular formula is C7H10F3N3S. The minimum atomic E-state index is -3.67. The molecule has 3 nitrogen and oxygen atoms in total. The van der Waals surface area contributed by atoms with Crippen molar-refractivity contribution < 1.29 is 13.2 Å². The van der Waals surface area contributed by atoms with Gasteiger partial charge in [-0.15, -0.1) is 10.2 Å². The maximum Gasteiger partial charge on any atom is 0.379 e. The first-order valence-corrected chi connectivity index (χ1v) is 4.58. The highest BCUT2D eigenvalue weighted by molar-refractivity contribution is 7.80. The minimum absolute atomic E-state index is 0.483. The molecule has 1 unspecified atom stereocenters. The SMILES string of the molecule is FC(F)F.SC1CCn2cnnc2C1. The molecule has 0 aromatic carbocycles. The van der Waals surface area contributed by atoms with Crippen LogP contribution in [0.25, 0.3) is 0 Å². The lowest BCUT2D eigenvalue weighted by Gasteiger charge is -2.17. The van der Waals surface area contributed by atoms with Gasteiger partial charge in [0.2, 0.25) is 0 Å². The van der Waals surface area contributed by atoms with E-state index in [0.717, 1.165) is 25.2 Å². The Morgan fingerprint density at radius 2 is 2.14 bits per heavy atom. The van der Waals surface area contributed by atoms with Crippen LogP contribution in [-0.4, -0.2) is 26.7 Å². The summed E-state index contributed by atoms with van der Waals surface area (Å²) in [5, 5.41) is 8.27. The average Bonchev–Trinajstić information content (AvgIpc) is 2.49. The zero-order chi connectivity index (χ0) is 10.6. The summed E-state index contributed by atoms with van der Waals surface area (Å²) in [6.45, 7) is -2.64. The van der Waals surface area contributed by atoms with Crippen molar-refractivity contribution in [1.82, 2.24) is 14.8 Å². The van der Waals surface area contributed by atoms with E-state index >= 15 is 0 Å². The quantitative estimate of drug-likeness (QED) is 0.681. The van der Waals surface area contributed by atoms with E-state index < -0.39 is 6.68 Å². The highest BCUT2D eigenvalue weighted by Crippen LogP contribution is 2.15. The van der Waals surface area contributed by atoms with E-state index in [9.17, 15) is 13.2 Å². The maximum atomic E-state index is 9.67. The van der Waals surface area contributed by atoms with Crippen LogP contribution < -0.4 is 0 Å². The number of halogens is 3. The third kappa shape index (κ3) is 3.57. The zero-order valence-electron chi connectivity index (χ0n) is 7.28. The molecule has 0 aliphatic carbocycles. The molecule has 1 atom stereocenters. The summed E-state index contributed by atoms with van der Waals surface area (Å²) >= 11 is 4.38. The minimum Gasteiger partial charge on any atom is -0.318 e. The molecular weight excluding hydrogens is 215 g/mol. The molecule has 2 heterocycles. The summed E-state index contributed by atoms with van der Waals surface area (Å²) in [4.78, 5) is 0. The largest absolute Gasteiger partial charge is 0.379 e. The second kappa shape index (κ2) is 5.23. The maximum absolute atomic E-state index is 9.67. The number of hydrogen-bond acceptors (Lipinski definition) is 3. The van der Waals surface area contributed by atoms with E-state index in [2.05, 4.69) is 27.4 Å². The Morgan fingerprint density at radius 3 is 2.79 bits per heavy atom. The molecule has 2 rings (SSSR count). The van der Waals surface area contributed by atoms with Crippen LogP contribution in [0.2, 0.25) is 0 Å². The first-order chi connectivity index (χ1) is 6.59. The Kier molecular flexibility index (Phi) is 4.24. The Labute approximate surface area is 84.7 Å². The van der Waals surface area contributed by atoms with E-state index in [4.69, 9.17) is 0 Å². The molecule has 0 bridgehead atoms. The van der Waals surface area contributed by atoms with E-state index in [1.54, 1.807) is 6.33 Å². The van der Waals surface area contributed by atoms with Crippen molar-refractivity contribution in [3.63, 3.8) is 0 Å². The highest BCUT2D eigenvalue weighted by atomic mass is 32.1. The third-order valence-corrected chi connectivity index (χ3v) is 2.26. The van der Waals surface area contributed by atoms with Gasteiger partial charge in [-0.3, -0.25) is 0 Å². The van der Waals surface area contributed by atoms with Crippen molar-refractivity contribution in [2.24, 2.45) is 0 Å². The monoisotopic (exact) mass is 225 g/mol. The van der Waals surface area contributed by atoms with Gasteiger partial charge in [0.1, 0.15) is 12.2 Å². The normalized spacial score (nSPS) is 19.9. The summed E-state index contributed by atoms with van der Waals surface area (Å²) in [6, 6.07) is 0. The van der Waals surface area contributed by atoms with Gasteiger partial charge in [0.05, 0.1) is 0 Å². The molecule has 14 heavy (non-hydrogen) atoms. The molecule has 1 aromatic heterocycles. The predicted molar refractivity (Wildman–Crippen MR) is 48.2 cm³/mol. The zero-order valence-corrected chi connectivity index (χ0v) is 8.17. The van der Waals surface area contributed by atoms with Gasteiger partial charge in [0.15, 0.2) is 0 Å². The van der Waals surface area contributed by atoms with Crippen molar-refractivity contribution in [2.45, 2.75) is 31.3 Å². The number of alkyl halides is 3. The Morgan fingerprint density at radius 1 is 1.50 bits per heavy atom. The molecule has 0 saturated heterocycles. The smallest absolute Gasteiger partial charge is 0.318 e. The van der Waals surface area contributed by atoms with Crippen LogP contribution in [0.1, 0.15) is 12.2 Å². The Balaban J connectivity index is 0.000000213. The number of nitrogens with zero attached hydrogens (tertiary/aromatic N) is 3. The number of thiol groups is 1. The van der Waals surface area contributed by atoms with E-state index in [1.165, 1.54) is 0 Å². The molecule has 1 aromatic rings. The predicted octanol–water partition coefficient (Wildman–Crippen LogP) is 1.70. The Hall–Kier alpha value is -0.720. The average molecular weight is 225 g/mol. The van der Waals surface area contributed by atoms with Crippen LogP contribution in [0.3, 0.4) is 0 Å². The van der Waals surface area contributed by atoms with E-state index in [1.807, 2.05) is 0 Å². The van der Waals surface area contributed by atoms with Crippen molar-refractivity contribution in [1.29, 1.82) is 0 Å². The van der Waals surface area contributed by atoms with Crippen LogP contribution >= 0.6 is 12.6 Å². The van der Waals surface area contributed by atoms with Crippen LogP contribution in [0.15, 0.2) is 6.33 Å². The van der Waals surface area contributed by atoms with Crippen LogP contribution in [0.4, 0.5) is 13.2 Å². The topological polar surface area (TPSA) is 30.7 Å². The molecule has 0 saturated carbocycles. The molecule has 0 radical (unpaired) electrons. The lowest BCUT2D eigenvalue weighted by Crippen LogP contribution is -2.18. The fourth-order valence-electron chi connectivity index (χ4n) is 1.22. The van der Waals surface area contributed by atoms with Gasteiger partial charge in [-0.2, -0.15) is 25.8 Å². The first kappa shape index (κ1) is 11.4. The third-order valence-electron chi connectivity index (χ3n) is 1.82. The fraction of sp³-hybridized carbons (Fsp3) is 0.714. The van der Waals surface area contributed by atoms with Gasteiger partial charge in [0.25, 0.3) is 0 Å². The number of hydrogen-bond donors (Lipinski definition) is 1. The van der Waals surface area contributed by atoms with Gasteiger partial charge in [-0.05, 0) is 6.42 Å². The number of fused-ring (bicyclic) bond motifs is 1. The Bertz CT molecular complexity index is 276. The summed E-state index contributed by atoms with van der Waals surface area (Å²) in [5.74, 6) is 1.08. The van der Waals surface area contributed by atoms with Gasteiger partial charge >= 0.3 is 6.68 Å². The molecule has 0 amide bonds. The van der Waals surface area contributed by atoms with Crippen molar-refractivity contribution >= 4 is 12.6 Å². The van der Waals surface area contributed by atoms with Crippen LogP contribution in [0.5, 0.6) is 0 Å². The lowest BCUT2D eigenvalue weighted by molar-refractivity contribution is 0.00819. The van der Waals surface area contributed by atoms with Gasteiger partial charge in [-0.25, -0.2) is 0 Å². The molecule has 80 valence electrons. The van der Waals surface area contributed by atoms with Gasteiger partial charge < -0.3 is 4.57 Å². The fourth-order valence-corrected chi connectivity index (χ4v) is 1.50. The molecule has 7 heteroatoms. The molecule has 1 aliphatic rings. The standard InChI is InChI=1S/C6H9N3S.CHF3/c10-5-1-2-9-4-7-8-6(9)3-5;2-1(3)4/h4-5,10H,1-3H2;1H. The second-order valence-electron chi connectivity index (χ2n) is 2.83. The second-order valence-corrected chi connectivity index (χ2v) is 3.56. The summed E-state index contributed by atoms with van der Waals surface area (Å²) in [5.41, 5.74) is 0. The summed E-state index contributed by atoms with van der Waals surface area (Å²) in [6.07, 6.45) is 3.88. The number of aryl methyl sites for hydroxylation is 1. The lowest BCUT2D eigenvalue weighted by atomic mass is 10.1. The van der Waals surface area contributed by atoms with E-state index in [0.29, 0.717) is 5.25 Å². The summed E-state index contributed by atoms with van der Waals surface area (Å²) in [7, 11) is 0. The molecule has 1 aliphatic heterocycles. The summed E-state index contributed by atoms with van der Waals surface area (Å²) < 4.78 is 31.1. The van der Waals surface area contributed by atoms with Crippen molar-refractivity contribution in [2.75, 3.05) is 0 Å². The van der Waals surface area contributed by atoms with Crippen LogP contribution in [0, 0.1) is 0 Å². The van der Waals surface area contributed by atoms with Crippen molar-refractivity contribution in [3.8, 4) is 0 Å². The molecule has 0 spiro atoms. The van der Waals surface area contributed by atoms with Crippen LogP contribution in [-0.2, 0) is 13.0 Å². The van der Waals surface area contributed by atoms with Gasteiger partial charge in [0, 0.05) is 18.2 Å². The van der Waals surface area contributed by atoms with Crippen molar-refractivity contribution in [3.05, 3.63) is 12.2 Å². The van der Waals surface area contributed by atoms with E-state index in [-0.39, 0.29) is 0 Å². The number of rotatable bonds is 0. The highest BCUT2D eigenvalue weighted by Gasteiger charge is 2.15. The molecule has 0 N–H and O–H groups in total. The molecule has 0 fully saturated rings. The first-order valence-electron chi connectivity index (χ1n) is 4.06.